The van der Waals surface area contributed by atoms with Crippen molar-refractivity contribution in [3.8, 4) is 18.4 Å². The molecular formula is C21H19FN4O3. The van der Waals surface area contributed by atoms with Crippen molar-refractivity contribution in [2.75, 3.05) is 5.32 Å². The topological polar surface area (TPSA) is 104 Å². The maximum atomic E-state index is 13.5. The molecule has 1 unspecified atom stereocenters. The van der Waals surface area contributed by atoms with Gasteiger partial charge in [-0.3, -0.25) is 14.4 Å². The number of benzene rings is 1. The molecule has 29 heavy (non-hydrogen) atoms. The van der Waals surface area contributed by atoms with Crippen molar-refractivity contribution in [3.63, 3.8) is 0 Å². The normalized spacial score (nSPS) is 11.1. The highest BCUT2D eigenvalue weighted by Crippen LogP contribution is 2.23. The first kappa shape index (κ1) is 21.4. The molecule has 0 saturated carbocycles. The van der Waals surface area contributed by atoms with Gasteiger partial charge >= 0.3 is 0 Å². The molecule has 2 rings (SSSR count). The largest absolute Gasteiger partial charge is 0.343 e. The molecular weight excluding hydrogens is 375 g/mol. The molecule has 2 N–H and O–H groups in total. The van der Waals surface area contributed by atoms with Gasteiger partial charge in [0.15, 0.2) is 0 Å². The molecule has 1 aromatic heterocycles. The first-order valence-electron chi connectivity index (χ1n) is 8.60. The summed E-state index contributed by atoms with van der Waals surface area (Å²) in [6, 6.07) is 4.68. The summed E-state index contributed by atoms with van der Waals surface area (Å²) in [5, 5.41) is 13.9. The van der Waals surface area contributed by atoms with E-state index < -0.39 is 29.5 Å². The number of amides is 2. The Kier molecular flexibility index (Phi) is 6.20. The molecule has 148 valence electrons. The molecule has 2 aromatic rings. The molecule has 0 spiro atoms. The SMILES string of the molecule is C#CC(C)NC(=O)C(=O)c1c(C)c(C(=O)Nc2ccc(F)c(C#N)c2)n(C)c1C. The van der Waals surface area contributed by atoms with Gasteiger partial charge in [-0.05, 0) is 44.5 Å². The van der Waals surface area contributed by atoms with Gasteiger partial charge in [-0.2, -0.15) is 5.26 Å². The molecule has 1 atom stereocenters. The Balaban J connectivity index is 2.38. The zero-order valence-corrected chi connectivity index (χ0v) is 16.4. The van der Waals surface area contributed by atoms with Crippen LogP contribution in [-0.2, 0) is 11.8 Å². The van der Waals surface area contributed by atoms with Crippen molar-refractivity contribution in [2.45, 2.75) is 26.8 Å². The standard InChI is InChI=1S/C21H19FN4O3/c1-6-11(2)24-21(29)19(27)17-12(3)18(26(5)13(17)4)20(28)25-15-7-8-16(22)14(9-15)10-23/h1,7-9,11H,2-5H3,(H,24,29)(H,25,28). The molecule has 0 aliphatic heterocycles. The minimum absolute atomic E-state index is 0.108. The molecule has 0 aliphatic carbocycles. The number of carbonyl (C=O) groups excluding carboxylic acids is 3. The van der Waals surface area contributed by atoms with Crippen molar-refractivity contribution < 1.29 is 18.8 Å². The fourth-order valence-electron chi connectivity index (χ4n) is 2.93. The number of rotatable bonds is 5. The summed E-state index contributed by atoms with van der Waals surface area (Å²) in [5.74, 6) is -0.628. The number of hydrogen-bond donors (Lipinski definition) is 2. The van der Waals surface area contributed by atoms with E-state index in [4.69, 9.17) is 11.7 Å². The Bertz CT molecular complexity index is 1100. The summed E-state index contributed by atoms with van der Waals surface area (Å²) in [4.78, 5) is 37.5. The Hall–Kier alpha value is -3.91. The second-order valence-electron chi connectivity index (χ2n) is 6.44. The monoisotopic (exact) mass is 394 g/mol. The van der Waals surface area contributed by atoms with Crippen molar-refractivity contribution in [3.05, 3.63) is 52.1 Å². The van der Waals surface area contributed by atoms with Crippen molar-refractivity contribution in [1.29, 1.82) is 5.26 Å². The molecule has 2 amide bonds. The fourth-order valence-corrected chi connectivity index (χ4v) is 2.93. The molecule has 8 heteroatoms. The van der Waals surface area contributed by atoms with E-state index in [9.17, 15) is 18.8 Å². The van der Waals surface area contributed by atoms with E-state index in [2.05, 4.69) is 16.6 Å². The van der Waals surface area contributed by atoms with Crippen molar-refractivity contribution in [2.24, 2.45) is 7.05 Å². The smallest absolute Gasteiger partial charge is 0.293 e. The highest BCUT2D eigenvalue weighted by atomic mass is 19.1. The fraction of sp³-hybridized carbons (Fsp3) is 0.238. The molecule has 1 heterocycles. The van der Waals surface area contributed by atoms with Crippen LogP contribution in [0.15, 0.2) is 18.2 Å². The van der Waals surface area contributed by atoms with E-state index in [0.717, 1.165) is 6.07 Å². The third kappa shape index (κ3) is 4.17. The predicted molar refractivity (Wildman–Crippen MR) is 105 cm³/mol. The Morgan fingerprint density at radius 1 is 1.28 bits per heavy atom. The number of nitriles is 1. The van der Waals surface area contributed by atoms with Gasteiger partial charge < -0.3 is 15.2 Å². The van der Waals surface area contributed by atoms with Crippen LogP contribution in [0.5, 0.6) is 0 Å². The number of terminal acetylenes is 1. The van der Waals surface area contributed by atoms with Gasteiger partial charge in [0.25, 0.3) is 17.6 Å². The minimum Gasteiger partial charge on any atom is -0.343 e. The van der Waals surface area contributed by atoms with Gasteiger partial charge in [0.2, 0.25) is 0 Å². The Morgan fingerprint density at radius 3 is 2.52 bits per heavy atom. The van der Waals surface area contributed by atoms with E-state index in [-0.39, 0.29) is 22.5 Å². The molecule has 0 fully saturated rings. The van der Waals surface area contributed by atoms with E-state index in [1.807, 2.05) is 0 Å². The third-order valence-corrected chi connectivity index (χ3v) is 4.52. The lowest BCUT2D eigenvalue weighted by Crippen LogP contribution is -2.37. The van der Waals surface area contributed by atoms with Gasteiger partial charge in [-0.15, -0.1) is 6.42 Å². The quantitative estimate of drug-likeness (QED) is 0.461. The van der Waals surface area contributed by atoms with Gasteiger partial charge in [0.1, 0.15) is 17.6 Å². The predicted octanol–water partition coefficient (Wildman–Crippen LogP) is 2.23. The van der Waals surface area contributed by atoms with Crippen LogP contribution in [0.2, 0.25) is 0 Å². The lowest BCUT2D eigenvalue weighted by Gasteiger charge is -2.08. The maximum Gasteiger partial charge on any atom is 0.293 e. The van der Waals surface area contributed by atoms with Gasteiger partial charge in [-0.25, -0.2) is 4.39 Å². The number of Topliss-reactive ketones (excluding diaryl/α,β-unsaturated/α-hetero) is 1. The van der Waals surface area contributed by atoms with Crippen LogP contribution >= 0.6 is 0 Å². The van der Waals surface area contributed by atoms with Gasteiger partial charge in [0.05, 0.1) is 17.2 Å². The van der Waals surface area contributed by atoms with E-state index in [0.29, 0.717) is 11.3 Å². The van der Waals surface area contributed by atoms with E-state index in [1.165, 1.54) is 16.7 Å². The highest BCUT2D eigenvalue weighted by Gasteiger charge is 2.29. The molecule has 0 saturated heterocycles. The lowest BCUT2D eigenvalue weighted by atomic mass is 10.0. The summed E-state index contributed by atoms with van der Waals surface area (Å²) in [6.07, 6.45) is 5.21. The average molecular weight is 394 g/mol. The van der Waals surface area contributed by atoms with Crippen LogP contribution in [-0.4, -0.2) is 28.2 Å². The molecule has 7 nitrogen and oxygen atoms in total. The highest BCUT2D eigenvalue weighted by molar-refractivity contribution is 6.43. The number of carbonyl (C=O) groups is 3. The summed E-state index contributed by atoms with van der Waals surface area (Å²) in [6.45, 7) is 4.73. The summed E-state index contributed by atoms with van der Waals surface area (Å²) in [5.41, 5.74) is 1.02. The van der Waals surface area contributed by atoms with Gasteiger partial charge in [-0.1, -0.05) is 5.92 Å². The third-order valence-electron chi connectivity index (χ3n) is 4.52. The first-order chi connectivity index (χ1) is 13.6. The molecule has 0 bridgehead atoms. The molecule has 0 aliphatic rings. The minimum atomic E-state index is -0.864. The first-order valence-corrected chi connectivity index (χ1v) is 8.60. The van der Waals surface area contributed by atoms with Crippen LogP contribution in [0, 0.1) is 43.3 Å². The van der Waals surface area contributed by atoms with Crippen LogP contribution in [0.4, 0.5) is 10.1 Å². The summed E-state index contributed by atoms with van der Waals surface area (Å²) in [7, 11) is 1.58. The second-order valence-corrected chi connectivity index (χ2v) is 6.44. The number of hydrogen-bond acceptors (Lipinski definition) is 4. The Morgan fingerprint density at radius 2 is 1.93 bits per heavy atom. The number of halogens is 1. The average Bonchev–Trinajstić information content (AvgIpc) is 2.91. The van der Waals surface area contributed by atoms with Crippen molar-refractivity contribution in [1.82, 2.24) is 9.88 Å². The number of aromatic nitrogens is 1. The van der Waals surface area contributed by atoms with E-state index >= 15 is 0 Å². The number of nitrogens with one attached hydrogen (secondary N) is 2. The molecule has 1 aromatic carbocycles. The lowest BCUT2D eigenvalue weighted by molar-refractivity contribution is -0.117. The van der Waals surface area contributed by atoms with Crippen molar-refractivity contribution >= 4 is 23.3 Å². The second kappa shape index (κ2) is 8.41. The Labute approximate surface area is 167 Å². The maximum absolute atomic E-state index is 13.5. The van der Waals surface area contributed by atoms with Crippen LogP contribution < -0.4 is 10.6 Å². The van der Waals surface area contributed by atoms with Crippen LogP contribution in [0.1, 0.15) is 44.6 Å². The number of ketones is 1. The van der Waals surface area contributed by atoms with Gasteiger partial charge in [0, 0.05) is 18.4 Å². The van der Waals surface area contributed by atoms with Crippen LogP contribution in [0.3, 0.4) is 0 Å². The zero-order chi connectivity index (χ0) is 21.9. The summed E-state index contributed by atoms with van der Waals surface area (Å²) < 4.78 is 15.0. The van der Waals surface area contributed by atoms with E-state index in [1.54, 1.807) is 33.9 Å². The number of anilines is 1. The molecule has 0 radical (unpaired) electrons. The van der Waals surface area contributed by atoms with Crippen LogP contribution in [0.25, 0.3) is 0 Å². The number of nitrogens with zero attached hydrogens (tertiary/aromatic N) is 2. The zero-order valence-electron chi connectivity index (χ0n) is 16.4. The summed E-state index contributed by atoms with van der Waals surface area (Å²) >= 11 is 0.